The number of amides is 4. The second-order valence-electron chi connectivity index (χ2n) is 11.8. The molecule has 4 amide bonds. The summed E-state index contributed by atoms with van der Waals surface area (Å²) in [6.07, 6.45) is 3.08. The van der Waals surface area contributed by atoms with Crippen LogP contribution in [0.1, 0.15) is 45.6 Å². The Labute approximate surface area is 236 Å². The van der Waals surface area contributed by atoms with Crippen molar-refractivity contribution in [1.82, 2.24) is 14.9 Å². The quantitative estimate of drug-likeness (QED) is 0.179. The van der Waals surface area contributed by atoms with Crippen LogP contribution < -0.4 is 0 Å². The zero-order chi connectivity index (χ0) is 29.0. The maximum atomic E-state index is 13.8. The van der Waals surface area contributed by atoms with Gasteiger partial charge in [0.2, 0.25) is 17.5 Å². The molecule has 2 aliphatic carbocycles. The number of nitrogens with zero attached hydrogens (tertiary/aromatic N) is 3. The summed E-state index contributed by atoms with van der Waals surface area (Å²) in [6, 6.07) is 8.15. The summed E-state index contributed by atoms with van der Waals surface area (Å²) < 4.78 is 5.56. The Kier molecular flexibility index (Phi) is 7.16. The summed E-state index contributed by atoms with van der Waals surface area (Å²) in [7, 11) is 0. The number of hydroxylamine groups is 2. The maximum absolute atomic E-state index is 13.8. The fraction of sp³-hybridized carbons (Fsp3) is 0.536. The van der Waals surface area contributed by atoms with Gasteiger partial charge in [-0.25, -0.2) is 19.6 Å². The highest BCUT2D eigenvalue weighted by Crippen LogP contribution is 2.55. The number of carbonyl (C=O) groups excluding carboxylic acids is 4. The molecule has 2 saturated heterocycles. The molecule has 0 radical (unpaired) electrons. The van der Waals surface area contributed by atoms with Crippen LogP contribution in [0.5, 0.6) is 0 Å². The highest BCUT2D eigenvalue weighted by atomic mass is 35.5. The van der Waals surface area contributed by atoms with Crippen molar-refractivity contribution in [3.05, 3.63) is 48.0 Å². The van der Waals surface area contributed by atoms with E-state index in [1.807, 2.05) is 18.2 Å². The van der Waals surface area contributed by atoms with Crippen LogP contribution in [-0.4, -0.2) is 73.1 Å². The van der Waals surface area contributed by atoms with Crippen molar-refractivity contribution < 1.29 is 38.7 Å². The van der Waals surface area contributed by atoms with Crippen LogP contribution in [0.15, 0.2) is 42.5 Å². The summed E-state index contributed by atoms with van der Waals surface area (Å²) in [5.74, 6) is -4.36. The molecule has 1 saturated carbocycles. The molecule has 3 fully saturated rings. The van der Waals surface area contributed by atoms with Crippen molar-refractivity contribution in [3.8, 4) is 0 Å². The Bertz CT molecular complexity index is 1230. The van der Waals surface area contributed by atoms with Crippen LogP contribution in [0.2, 0.25) is 0 Å². The van der Waals surface area contributed by atoms with Crippen molar-refractivity contribution in [2.45, 2.75) is 63.9 Å². The Morgan fingerprint density at radius 1 is 1.07 bits per heavy atom. The number of carbonyl (C=O) groups is 5. The summed E-state index contributed by atoms with van der Waals surface area (Å²) in [5.41, 5.74) is -2.59. The Morgan fingerprint density at radius 3 is 2.20 bits per heavy atom. The van der Waals surface area contributed by atoms with Crippen LogP contribution in [-0.2, 0) is 30.6 Å². The van der Waals surface area contributed by atoms with E-state index in [-0.39, 0.29) is 31.3 Å². The molecule has 0 aromatic heterocycles. The van der Waals surface area contributed by atoms with Gasteiger partial charge in [0.15, 0.2) is 0 Å². The number of carboxylic acid groups (broad SMARTS) is 1. The number of likely N-dealkylation sites (tertiary alicyclic amines) is 2. The van der Waals surface area contributed by atoms with Gasteiger partial charge in [-0.15, -0.1) is 0 Å². The Balaban J connectivity index is 1.49. The highest BCUT2D eigenvalue weighted by molar-refractivity contribution is 6.62. The fourth-order valence-corrected chi connectivity index (χ4v) is 6.71. The second kappa shape index (κ2) is 10.2. The van der Waals surface area contributed by atoms with E-state index in [1.54, 1.807) is 45.0 Å². The van der Waals surface area contributed by atoms with E-state index in [0.717, 1.165) is 20.4 Å². The first-order chi connectivity index (χ1) is 18.8. The summed E-state index contributed by atoms with van der Waals surface area (Å²) in [5, 5.41) is 10.6. The molecule has 40 heavy (non-hydrogen) atoms. The van der Waals surface area contributed by atoms with E-state index in [2.05, 4.69) is 0 Å². The van der Waals surface area contributed by atoms with Gasteiger partial charge in [-0.3, -0.25) is 24.1 Å². The SMILES string of the molecule is CC(C)(C)OC(=O)N1C[C@H](N(OCc2ccccc2)C(=O)Cl)CC[C@]1(C(=O)O)N1C(=O)C2C3C=CC(C3)C2C1=O. The number of piperidine rings is 1. The third kappa shape index (κ3) is 4.64. The van der Waals surface area contributed by atoms with E-state index in [4.69, 9.17) is 21.2 Å². The predicted molar refractivity (Wildman–Crippen MR) is 140 cm³/mol. The molecule has 6 atom stereocenters. The lowest BCUT2D eigenvalue weighted by molar-refractivity contribution is -0.197. The molecule has 1 aromatic carbocycles. The lowest BCUT2D eigenvalue weighted by Crippen LogP contribution is -2.73. The fourth-order valence-electron chi connectivity index (χ4n) is 6.53. The van der Waals surface area contributed by atoms with E-state index < -0.39 is 64.9 Å². The number of carboxylic acids is 1. The monoisotopic (exact) mass is 573 g/mol. The summed E-state index contributed by atoms with van der Waals surface area (Å²) in [6.45, 7) is 4.45. The molecule has 4 unspecified atom stereocenters. The zero-order valence-corrected chi connectivity index (χ0v) is 23.2. The lowest BCUT2D eigenvalue weighted by Gasteiger charge is -2.50. The number of ether oxygens (including phenoxy) is 1. The lowest BCUT2D eigenvalue weighted by atomic mass is 9.85. The van der Waals surface area contributed by atoms with Crippen LogP contribution in [0.3, 0.4) is 0 Å². The van der Waals surface area contributed by atoms with Crippen molar-refractivity contribution in [2.24, 2.45) is 23.7 Å². The topological polar surface area (TPSA) is 134 Å². The Morgan fingerprint density at radius 2 is 1.68 bits per heavy atom. The molecule has 2 heterocycles. The third-order valence-corrected chi connectivity index (χ3v) is 8.35. The van der Waals surface area contributed by atoms with Crippen LogP contribution in [0.4, 0.5) is 9.59 Å². The number of hydrogen-bond acceptors (Lipinski definition) is 7. The molecular weight excluding hydrogens is 542 g/mol. The van der Waals surface area contributed by atoms with Crippen LogP contribution >= 0.6 is 11.6 Å². The number of rotatable bonds is 6. The minimum atomic E-state index is -2.34. The molecule has 0 spiro atoms. The van der Waals surface area contributed by atoms with Gasteiger partial charge in [0, 0.05) is 13.0 Å². The van der Waals surface area contributed by atoms with E-state index in [1.165, 1.54) is 0 Å². The average Bonchev–Trinajstić information content (AvgIpc) is 3.57. The smallest absolute Gasteiger partial charge is 0.412 e. The molecule has 1 N–H and O–H groups in total. The van der Waals surface area contributed by atoms with Gasteiger partial charge in [-0.1, -0.05) is 42.5 Å². The first-order valence-corrected chi connectivity index (χ1v) is 13.7. The van der Waals surface area contributed by atoms with Gasteiger partial charge < -0.3 is 9.84 Å². The van der Waals surface area contributed by atoms with Gasteiger partial charge in [0.05, 0.1) is 17.9 Å². The highest BCUT2D eigenvalue weighted by Gasteiger charge is 2.68. The molecule has 11 nitrogen and oxygen atoms in total. The normalized spacial score (nSPS) is 30.9. The van der Waals surface area contributed by atoms with Gasteiger partial charge in [0.25, 0.3) is 0 Å². The second-order valence-corrected chi connectivity index (χ2v) is 12.1. The van der Waals surface area contributed by atoms with E-state index in [9.17, 15) is 29.1 Å². The molecule has 2 bridgehead atoms. The van der Waals surface area contributed by atoms with Crippen LogP contribution in [0, 0.1) is 23.7 Å². The van der Waals surface area contributed by atoms with Crippen molar-refractivity contribution in [2.75, 3.05) is 6.54 Å². The third-order valence-electron chi connectivity index (χ3n) is 8.18. The standard InChI is InChI=1S/C28H32ClN3O8/c1-27(2,3)40-26(38)30-14-19(32(25(29)37)39-15-16-7-5-4-6-8-16)11-12-28(30,24(35)36)31-22(33)20-17-9-10-18(13-17)21(20)23(31)34/h4-10,17-21H,11-15H2,1-3H3,(H,35,36)/t17?,18?,19-,20?,21?,28-/m1/s1. The molecular formula is C28H32ClN3O8. The van der Waals surface area contributed by atoms with Gasteiger partial charge in [-0.2, -0.15) is 0 Å². The Hall–Kier alpha value is -3.44. The minimum absolute atomic E-state index is 0.00541. The van der Waals surface area contributed by atoms with E-state index >= 15 is 0 Å². The molecule has 12 heteroatoms. The average molecular weight is 574 g/mol. The molecule has 5 rings (SSSR count). The number of aliphatic carboxylic acids is 1. The molecule has 1 aromatic rings. The number of imide groups is 1. The van der Waals surface area contributed by atoms with Gasteiger partial charge >= 0.3 is 17.4 Å². The van der Waals surface area contributed by atoms with Gasteiger partial charge in [-0.05, 0) is 62.6 Å². The van der Waals surface area contributed by atoms with Crippen molar-refractivity contribution in [1.29, 1.82) is 0 Å². The number of fused-ring (bicyclic) bond motifs is 5. The number of allylic oxidation sites excluding steroid dienone is 2. The number of halogens is 1. The number of benzene rings is 1. The van der Waals surface area contributed by atoms with Crippen molar-refractivity contribution >= 4 is 40.8 Å². The van der Waals surface area contributed by atoms with E-state index in [0.29, 0.717) is 6.42 Å². The summed E-state index contributed by atoms with van der Waals surface area (Å²) >= 11 is 5.87. The largest absolute Gasteiger partial charge is 0.478 e. The predicted octanol–water partition coefficient (Wildman–Crippen LogP) is 3.77. The van der Waals surface area contributed by atoms with Crippen LogP contribution in [0.25, 0.3) is 0 Å². The van der Waals surface area contributed by atoms with Gasteiger partial charge in [0.1, 0.15) is 12.2 Å². The first kappa shape index (κ1) is 28.1. The minimum Gasteiger partial charge on any atom is -0.478 e. The molecule has 214 valence electrons. The zero-order valence-electron chi connectivity index (χ0n) is 22.5. The maximum Gasteiger partial charge on any atom is 0.412 e. The number of hydrogen-bond donors (Lipinski definition) is 1. The summed E-state index contributed by atoms with van der Waals surface area (Å²) in [4.78, 5) is 74.0. The molecule has 2 aliphatic heterocycles. The van der Waals surface area contributed by atoms with Crippen molar-refractivity contribution in [3.63, 3.8) is 0 Å². The first-order valence-electron chi connectivity index (χ1n) is 13.3. The molecule has 4 aliphatic rings.